The first-order chi connectivity index (χ1) is 9.54. The second-order valence-corrected chi connectivity index (χ2v) is 5.09. The first-order valence-electron chi connectivity index (χ1n) is 5.60. The standard InChI is InChI=1S/C12H10FN3O3S/c13-8-3-1-7(2-4-8)6-14-16-12-15-11(19)9(20-12)5-10(17)18/h1-4,6,9H,5H2,(H,17,18)(H,15,16,19)/t9-/m0/s1. The zero-order valence-corrected chi connectivity index (χ0v) is 10.9. The number of carboxylic acids is 1. The van der Waals surface area contributed by atoms with Crippen molar-refractivity contribution in [3.8, 4) is 0 Å². The molecule has 1 aliphatic rings. The van der Waals surface area contributed by atoms with Gasteiger partial charge in [0.05, 0.1) is 12.6 Å². The summed E-state index contributed by atoms with van der Waals surface area (Å²) >= 11 is 1.02. The van der Waals surface area contributed by atoms with E-state index in [1.807, 2.05) is 0 Å². The number of carboxylic acid groups (broad SMARTS) is 1. The summed E-state index contributed by atoms with van der Waals surface area (Å²) < 4.78 is 12.7. The van der Waals surface area contributed by atoms with Gasteiger partial charge in [0.15, 0.2) is 5.17 Å². The molecule has 1 saturated heterocycles. The minimum atomic E-state index is -1.05. The van der Waals surface area contributed by atoms with Crippen LogP contribution in [0.2, 0.25) is 0 Å². The van der Waals surface area contributed by atoms with E-state index in [1.54, 1.807) is 0 Å². The van der Waals surface area contributed by atoms with Crippen LogP contribution >= 0.6 is 11.8 Å². The van der Waals surface area contributed by atoms with E-state index in [0.717, 1.165) is 11.8 Å². The molecule has 104 valence electrons. The van der Waals surface area contributed by atoms with Crippen molar-refractivity contribution in [1.29, 1.82) is 0 Å². The van der Waals surface area contributed by atoms with E-state index >= 15 is 0 Å². The van der Waals surface area contributed by atoms with Crippen molar-refractivity contribution < 1.29 is 19.1 Å². The van der Waals surface area contributed by atoms with Gasteiger partial charge in [-0.2, -0.15) is 5.10 Å². The van der Waals surface area contributed by atoms with Crippen LogP contribution in [0.1, 0.15) is 12.0 Å². The minimum Gasteiger partial charge on any atom is -0.481 e. The first-order valence-corrected chi connectivity index (χ1v) is 6.48. The number of hydrogen-bond acceptors (Lipinski definition) is 5. The van der Waals surface area contributed by atoms with E-state index in [4.69, 9.17) is 5.11 Å². The average molecular weight is 295 g/mol. The van der Waals surface area contributed by atoms with Crippen LogP contribution in [0, 0.1) is 5.82 Å². The molecule has 1 amide bonds. The molecule has 0 saturated carbocycles. The van der Waals surface area contributed by atoms with E-state index in [1.165, 1.54) is 30.5 Å². The van der Waals surface area contributed by atoms with E-state index in [9.17, 15) is 14.0 Å². The van der Waals surface area contributed by atoms with Crippen molar-refractivity contribution in [2.75, 3.05) is 0 Å². The third-order valence-electron chi connectivity index (χ3n) is 2.36. The summed E-state index contributed by atoms with van der Waals surface area (Å²) in [5, 5.41) is 18.2. The van der Waals surface area contributed by atoms with E-state index in [-0.39, 0.29) is 17.4 Å². The Morgan fingerprint density at radius 3 is 2.80 bits per heavy atom. The third-order valence-corrected chi connectivity index (χ3v) is 3.43. The summed E-state index contributed by atoms with van der Waals surface area (Å²) in [7, 11) is 0. The van der Waals surface area contributed by atoms with Crippen molar-refractivity contribution in [1.82, 2.24) is 5.32 Å². The fourth-order valence-corrected chi connectivity index (χ4v) is 2.36. The number of halogens is 1. The van der Waals surface area contributed by atoms with Crippen LogP contribution in [0.5, 0.6) is 0 Å². The number of hydrogen-bond donors (Lipinski definition) is 2. The number of nitrogens with zero attached hydrogens (tertiary/aromatic N) is 2. The highest BCUT2D eigenvalue weighted by Gasteiger charge is 2.32. The predicted octanol–water partition coefficient (Wildman–Crippen LogP) is 1.22. The highest BCUT2D eigenvalue weighted by atomic mass is 32.2. The Hall–Kier alpha value is -2.22. The van der Waals surface area contributed by atoms with Gasteiger partial charge in [-0.3, -0.25) is 9.59 Å². The van der Waals surface area contributed by atoms with Crippen LogP contribution in [0.3, 0.4) is 0 Å². The van der Waals surface area contributed by atoms with Crippen LogP contribution < -0.4 is 5.32 Å². The van der Waals surface area contributed by atoms with Crippen molar-refractivity contribution in [3.63, 3.8) is 0 Å². The van der Waals surface area contributed by atoms with E-state index in [2.05, 4.69) is 15.5 Å². The molecular weight excluding hydrogens is 285 g/mol. The smallest absolute Gasteiger partial charge is 0.305 e. The summed E-state index contributed by atoms with van der Waals surface area (Å²) in [6.45, 7) is 0. The predicted molar refractivity (Wildman–Crippen MR) is 73.2 cm³/mol. The normalized spacial score (nSPS) is 20.6. The molecule has 20 heavy (non-hydrogen) atoms. The molecule has 0 spiro atoms. The SMILES string of the molecule is O=C(O)C[C@@H]1SC(=NN=Cc2ccc(F)cc2)NC1=O. The van der Waals surface area contributed by atoms with Gasteiger partial charge in [-0.1, -0.05) is 23.9 Å². The maximum absolute atomic E-state index is 12.7. The molecule has 1 heterocycles. The number of amidine groups is 1. The zero-order valence-electron chi connectivity index (χ0n) is 10.1. The van der Waals surface area contributed by atoms with Gasteiger partial charge in [-0.15, -0.1) is 5.10 Å². The molecule has 0 aliphatic carbocycles. The Morgan fingerprint density at radius 2 is 2.15 bits per heavy atom. The molecule has 1 fully saturated rings. The number of rotatable bonds is 4. The number of carbonyl (C=O) groups is 2. The zero-order chi connectivity index (χ0) is 14.5. The van der Waals surface area contributed by atoms with E-state index in [0.29, 0.717) is 5.56 Å². The van der Waals surface area contributed by atoms with Crippen molar-refractivity contribution in [3.05, 3.63) is 35.6 Å². The molecule has 0 bridgehead atoms. The van der Waals surface area contributed by atoms with Gasteiger partial charge < -0.3 is 10.4 Å². The maximum Gasteiger partial charge on any atom is 0.305 e. The average Bonchev–Trinajstić information content (AvgIpc) is 2.72. The highest BCUT2D eigenvalue weighted by molar-refractivity contribution is 8.15. The van der Waals surface area contributed by atoms with E-state index < -0.39 is 17.1 Å². The number of nitrogens with one attached hydrogen (secondary N) is 1. The highest BCUT2D eigenvalue weighted by Crippen LogP contribution is 2.22. The third kappa shape index (κ3) is 3.89. The van der Waals surface area contributed by atoms with Gasteiger partial charge in [0.25, 0.3) is 0 Å². The van der Waals surface area contributed by atoms with Crippen molar-refractivity contribution >= 4 is 35.0 Å². The second-order valence-electron chi connectivity index (χ2n) is 3.89. The lowest BCUT2D eigenvalue weighted by molar-refractivity contribution is -0.138. The molecule has 1 aromatic rings. The maximum atomic E-state index is 12.7. The molecule has 2 rings (SSSR count). The number of carbonyl (C=O) groups excluding carboxylic acids is 1. The summed E-state index contributed by atoms with van der Waals surface area (Å²) in [5.74, 6) is -1.79. The molecule has 6 nitrogen and oxygen atoms in total. The van der Waals surface area contributed by atoms with Crippen LogP contribution in [0.15, 0.2) is 34.5 Å². The fraction of sp³-hybridized carbons (Fsp3) is 0.167. The topological polar surface area (TPSA) is 91.1 Å². The Bertz CT molecular complexity index is 586. The second kappa shape index (κ2) is 6.29. The summed E-state index contributed by atoms with van der Waals surface area (Å²) in [6.07, 6.45) is 1.14. The van der Waals surface area contributed by atoms with Crippen molar-refractivity contribution in [2.45, 2.75) is 11.7 Å². The van der Waals surface area contributed by atoms with Crippen LogP contribution in [0.4, 0.5) is 4.39 Å². The number of benzene rings is 1. The monoisotopic (exact) mass is 295 g/mol. The van der Waals surface area contributed by atoms with Crippen LogP contribution in [0.25, 0.3) is 0 Å². The van der Waals surface area contributed by atoms with Crippen LogP contribution in [-0.4, -0.2) is 33.6 Å². The molecule has 0 aromatic heterocycles. The van der Waals surface area contributed by atoms with Gasteiger partial charge in [-0.05, 0) is 17.7 Å². The molecule has 2 N–H and O–H groups in total. The lowest BCUT2D eigenvalue weighted by Gasteiger charge is -1.97. The molecule has 8 heteroatoms. The number of aliphatic carboxylic acids is 1. The Morgan fingerprint density at radius 1 is 1.45 bits per heavy atom. The molecule has 1 aromatic carbocycles. The summed E-state index contributed by atoms with van der Waals surface area (Å²) in [5.41, 5.74) is 0.659. The molecule has 0 radical (unpaired) electrons. The largest absolute Gasteiger partial charge is 0.481 e. The number of amides is 1. The lowest BCUT2D eigenvalue weighted by atomic mass is 10.2. The molecular formula is C12H10FN3O3S. The summed E-state index contributed by atoms with van der Waals surface area (Å²) in [4.78, 5) is 22.0. The lowest BCUT2D eigenvalue weighted by Crippen LogP contribution is -2.26. The molecule has 0 unspecified atom stereocenters. The minimum absolute atomic E-state index is 0.250. The molecule has 1 atom stereocenters. The van der Waals surface area contributed by atoms with Gasteiger partial charge in [0.1, 0.15) is 11.1 Å². The Labute approximate surface area is 117 Å². The molecule has 1 aliphatic heterocycles. The van der Waals surface area contributed by atoms with Gasteiger partial charge >= 0.3 is 5.97 Å². The van der Waals surface area contributed by atoms with Gasteiger partial charge in [-0.25, -0.2) is 4.39 Å². The Kier molecular flexibility index (Phi) is 4.46. The van der Waals surface area contributed by atoms with Gasteiger partial charge in [0, 0.05) is 0 Å². The first kappa shape index (κ1) is 14.2. The van der Waals surface area contributed by atoms with Crippen LogP contribution in [-0.2, 0) is 9.59 Å². The number of thioether (sulfide) groups is 1. The summed E-state index contributed by atoms with van der Waals surface area (Å²) in [6, 6.07) is 5.66. The fourth-order valence-electron chi connectivity index (χ4n) is 1.44. The Balaban J connectivity index is 1.97. The van der Waals surface area contributed by atoms with Gasteiger partial charge in [0.2, 0.25) is 5.91 Å². The van der Waals surface area contributed by atoms with Crippen molar-refractivity contribution in [2.24, 2.45) is 10.2 Å². The quantitative estimate of drug-likeness (QED) is 0.645.